The largest absolute Gasteiger partial charge is 0.464 e. The molecule has 10 heteroatoms. The maximum atomic E-state index is 11.5. The Kier molecular flexibility index (Phi) is 8.89. The van der Waals surface area contributed by atoms with Crippen LogP contribution in [0.5, 0.6) is 0 Å². The molecule has 5 unspecified atom stereocenters. The predicted octanol–water partition coefficient (Wildman–Crippen LogP) is -0.387. The zero-order valence-corrected chi connectivity index (χ0v) is 15.1. The summed E-state index contributed by atoms with van der Waals surface area (Å²) < 4.78 is 9.57. The molecule has 0 aromatic carbocycles. The number of rotatable bonds is 12. The molecule has 0 saturated heterocycles. The number of hydrogen-bond acceptors (Lipinski definition) is 9. The van der Waals surface area contributed by atoms with E-state index >= 15 is 0 Å². The van der Waals surface area contributed by atoms with Gasteiger partial charge in [0.25, 0.3) is 0 Å². The highest BCUT2D eigenvalue weighted by Gasteiger charge is 2.39. The van der Waals surface area contributed by atoms with Gasteiger partial charge in [-0.1, -0.05) is 0 Å². The molecule has 6 atom stereocenters. The van der Waals surface area contributed by atoms with E-state index < -0.39 is 41.2 Å². The van der Waals surface area contributed by atoms with Crippen molar-refractivity contribution in [2.24, 2.45) is 17.6 Å². The van der Waals surface area contributed by atoms with E-state index in [-0.39, 0.29) is 13.2 Å². The molecule has 0 spiro atoms. The van der Waals surface area contributed by atoms with E-state index in [1.807, 2.05) is 0 Å². The van der Waals surface area contributed by atoms with Crippen molar-refractivity contribution in [1.29, 1.82) is 0 Å². The molecule has 1 aliphatic carbocycles. The number of nitro groups is 1. The highest BCUT2D eigenvalue weighted by Crippen LogP contribution is 2.45. The summed E-state index contributed by atoms with van der Waals surface area (Å²) in [6.45, 7) is 3.04. The summed E-state index contributed by atoms with van der Waals surface area (Å²) >= 11 is 0. The molecule has 0 radical (unpaired) electrons. The minimum Gasteiger partial charge on any atom is -0.464 e. The van der Waals surface area contributed by atoms with E-state index in [2.05, 4.69) is 0 Å². The lowest BCUT2D eigenvalue weighted by Gasteiger charge is -2.17. The number of esters is 2. The third-order valence-electron chi connectivity index (χ3n) is 4.57. The molecule has 0 amide bonds. The summed E-state index contributed by atoms with van der Waals surface area (Å²) in [4.78, 5) is 32.7. The maximum Gasteiger partial charge on any atom is 0.342 e. The second-order valence-corrected chi connectivity index (χ2v) is 6.63. The standard InChI is InChI=1S/C16H28N2O8/c1-3-25-16(22)14(20)12(17)8-11-7-10(11)5-4-6-26-15(21)13(19)9(2)18(23)24/h9-14,19-20H,3-8,17H2,1-2H3/t9?,10?,11-,12?,13?,14?/m1/s1. The fourth-order valence-electron chi connectivity index (χ4n) is 2.75. The summed E-state index contributed by atoms with van der Waals surface area (Å²) in [5.41, 5.74) is 5.83. The van der Waals surface area contributed by atoms with Crippen LogP contribution in [0, 0.1) is 22.0 Å². The molecular formula is C16H28N2O8. The number of hydrogen-bond donors (Lipinski definition) is 3. The molecule has 10 nitrogen and oxygen atoms in total. The molecule has 0 bridgehead atoms. The number of nitrogens with zero attached hydrogens (tertiary/aromatic N) is 1. The monoisotopic (exact) mass is 376 g/mol. The molecule has 1 saturated carbocycles. The van der Waals surface area contributed by atoms with E-state index in [9.17, 15) is 29.9 Å². The van der Waals surface area contributed by atoms with Crippen molar-refractivity contribution in [1.82, 2.24) is 0 Å². The van der Waals surface area contributed by atoms with Crippen molar-refractivity contribution in [3.63, 3.8) is 0 Å². The van der Waals surface area contributed by atoms with Crippen LogP contribution in [0.3, 0.4) is 0 Å². The highest BCUT2D eigenvalue weighted by atomic mass is 16.6. The number of carbonyl (C=O) groups is 2. The van der Waals surface area contributed by atoms with Crippen molar-refractivity contribution in [2.75, 3.05) is 13.2 Å². The van der Waals surface area contributed by atoms with Crippen LogP contribution in [0.1, 0.15) is 39.5 Å². The van der Waals surface area contributed by atoms with Gasteiger partial charge in [0.05, 0.1) is 13.2 Å². The van der Waals surface area contributed by atoms with Gasteiger partial charge in [-0.05, 0) is 44.4 Å². The Morgan fingerprint density at radius 2 is 1.85 bits per heavy atom. The van der Waals surface area contributed by atoms with Gasteiger partial charge in [0.15, 0.2) is 6.10 Å². The summed E-state index contributed by atoms with van der Waals surface area (Å²) in [6, 6.07) is -2.09. The van der Waals surface area contributed by atoms with Crippen molar-refractivity contribution in [3.8, 4) is 0 Å². The quantitative estimate of drug-likeness (QED) is 0.178. The van der Waals surface area contributed by atoms with E-state index in [0.717, 1.165) is 19.8 Å². The third-order valence-corrected chi connectivity index (χ3v) is 4.57. The van der Waals surface area contributed by atoms with Gasteiger partial charge in [-0.25, -0.2) is 9.59 Å². The van der Waals surface area contributed by atoms with Crippen molar-refractivity contribution in [2.45, 2.75) is 63.8 Å². The Balaban J connectivity index is 2.18. The van der Waals surface area contributed by atoms with E-state index in [1.54, 1.807) is 6.92 Å². The molecule has 0 aliphatic heterocycles. The van der Waals surface area contributed by atoms with Crippen LogP contribution < -0.4 is 5.73 Å². The van der Waals surface area contributed by atoms with Gasteiger partial charge in [0.1, 0.15) is 0 Å². The fourth-order valence-corrected chi connectivity index (χ4v) is 2.75. The normalized spacial score (nSPS) is 23.4. The summed E-state index contributed by atoms with van der Waals surface area (Å²) in [5.74, 6) is -1.05. The summed E-state index contributed by atoms with van der Waals surface area (Å²) in [7, 11) is 0. The zero-order chi connectivity index (χ0) is 19.9. The van der Waals surface area contributed by atoms with Crippen molar-refractivity contribution in [3.05, 3.63) is 10.1 Å². The van der Waals surface area contributed by atoms with E-state index in [0.29, 0.717) is 24.7 Å². The lowest BCUT2D eigenvalue weighted by molar-refractivity contribution is -0.527. The molecule has 0 aromatic rings. The first-order chi connectivity index (χ1) is 12.2. The molecule has 1 rings (SSSR count). The number of carbonyl (C=O) groups excluding carboxylic acids is 2. The first kappa shape index (κ1) is 22.3. The van der Waals surface area contributed by atoms with Crippen LogP contribution >= 0.6 is 0 Å². The molecule has 1 aliphatic rings. The van der Waals surface area contributed by atoms with Crippen LogP contribution in [0.2, 0.25) is 0 Å². The minimum atomic E-state index is -1.78. The molecule has 1 fully saturated rings. The molecule has 0 aromatic heterocycles. The third kappa shape index (κ3) is 6.85. The van der Waals surface area contributed by atoms with Gasteiger partial charge in [-0.15, -0.1) is 0 Å². The van der Waals surface area contributed by atoms with Crippen molar-refractivity contribution < 1.29 is 34.2 Å². The van der Waals surface area contributed by atoms with E-state index in [1.165, 1.54) is 0 Å². The first-order valence-electron chi connectivity index (χ1n) is 8.77. The highest BCUT2D eigenvalue weighted by molar-refractivity contribution is 5.75. The molecular weight excluding hydrogens is 348 g/mol. The van der Waals surface area contributed by atoms with Gasteiger partial charge in [0.2, 0.25) is 12.1 Å². The SMILES string of the molecule is CCOC(=O)C(O)C(N)C[C@H]1CC1CCCOC(=O)C(O)C(C)[N+](=O)[O-]. The topological polar surface area (TPSA) is 162 Å². The van der Waals surface area contributed by atoms with Gasteiger partial charge in [-0.2, -0.15) is 0 Å². The summed E-state index contributed by atoms with van der Waals surface area (Å²) in [6.07, 6.45) is -0.367. The zero-order valence-electron chi connectivity index (χ0n) is 15.1. The number of nitrogens with two attached hydrogens (primary N) is 1. The average molecular weight is 376 g/mol. The second-order valence-electron chi connectivity index (χ2n) is 6.63. The van der Waals surface area contributed by atoms with Gasteiger partial charge in [-0.3, -0.25) is 10.1 Å². The van der Waals surface area contributed by atoms with Crippen molar-refractivity contribution >= 4 is 11.9 Å². The van der Waals surface area contributed by atoms with E-state index in [4.69, 9.17) is 15.2 Å². The Labute approximate surface area is 151 Å². The van der Waals surface area contributed by atoms with Crippen LogP contribution in [-0.4, -0.2) is 64.6 Å². The van der Waals surface area contributed by atoms with Crippen LogP contribution in [-0.2, 0) is 19.1 Å². The Morgan fingerprint density at radius 3 is 2.42 bits per heavy atom. The molecule has 26 heavy (non-hydrogen) atoms. The molecule has 0 heterocycles. The molecule has 150 valence electrons. The Bertz CT molecular complexity index is 501. The lowest BCUT2D eigenvalue weighted by Crippen LogP contribution is -2.41. The number of aliphatic hydroxyl groups is 2. The Hall–Kier alpha value is -1.78. The number of ether oxygens (including phenoxy) is 2. The summed E-state index contributed by atoms with van der Waals surface area (Å²) in [5, 5.41) is 29.7. The fraction of sp³-hybridized carbons (Fsp3) is 0.875. The van der Waals surface area contributed by atoms with Crippen LogP contribution in [0.25, 0.3) is 0 Å². The lowest BCUT2D eigenvalue weighted by atomic mass is 10.0. The first-order valence-corrected chi connectivity index (χ1v) is 8.77. The Morgan fingerprint density at radius 1 is 1.23 bits per heavy atom. The molecule has 4 N–H and O–H groups in total. The maximum absolute atomic E-state index is 11.5. The number of aliphatic hydroxyl groups excluding tert-OH is 2. The smallest absolute Gasteiger partial charge is 0.342 e. The van der Waals surface area contributed by atoms with Gasteiger partial charge < -0.3 is 25.4 Å². The predicted molar refractivity (Wildman–Crippen MR) is 89.5 cm³/mol. The minimum absolute atomic E-state index is 0.0705. The second kappa shape index (κ2) is 10.4. The van der Waals surface area contributed by atoms with Gasteiger partial charge >= 0.3 is 11.9 Å². The van der Waals surface area contributed by atoms with Gasteiger partial charge in [0, 0.05) is 17.9 Å². The average Bonchev–Trinajstić information content (AvgIpc) is 3.34. The van der Waals surface area contributed by atoms with Crippen LogP contribution in [0.4, 0.5) is 0 Å². The van der Waals surface area contributed by atoms with Crippen LogP contribution in [0.15, 0.2) is 0 Å².